The van der Waals surface area contributed by atoms with Crippen LogP contribution in [0, 0.1) is 5.82 Å². The van der Waals surface area contributed by atoms with Gasteiger partial charge in [0.25, 0.3) is 11.8 Å². The molecule has 2 aromatic carbocycles. The van der Waals surface area contributed by atoms with Crippen LogP contribution in [-0.4, -0.2) is 11.8 Å². The Bertz CT molecular complexity index is 809. The largest absolute Gasteiger partial charge is 0.486 e. The van der Waals surface area contributed by atoms with E-state index in [0.29, 0.717) is 5.69 Å². The zero-order valence-corrected chi connectivity index (χ0v) is 13.9. The summed E-state index contributed by atoms with van der Waals surface area (Å²) < 4.78 is 19.5. The molecule has 0 radical (unpaired) electrons. The summed E-state index contributed by atoms with van der Waals surface area (Å²) in [6.07, 6.45) is 4.28. The lowest BCUT2D eigenvalue weighted by atomic mass is 10.1. The summed E-state index contributed by atoms with van der Waals surface area (Å²) in [6.45, 7) is 2.25. The normalized spacial score (nSPS) is 13.6. The quantitative estimate of drug-likeness (QED) is 0.752. The van der Waals surface area contributed by atoms with Crippen LogP contribution in [0.3, 0.4) is 0 Å². The molecule has 0 saturated heterocycles. The predicted molar refractivity (Wildman–Crippen MR) is 92.8 cm³/mol. The van der Waals surface area contributed by atoms with Gasteiger partial charge in [-0.2, -0.15) is 0 Å². The lowest BCUT2D eigenvalue weighted by Gasteiger charge is -2.14. The van der Waals surface area contributed by atoms with E-state index in [-0.39, 0.29) is 30.0 Å². The number of hydrogen-bond acceptors (Lipinski definition) is 3. The minimum absolute atomic E-state index is 0.199. The van der Waals surface area contributed by atoms with E-state index in [0.717, 1.165) is 28.9 Å². The average Bonchev–Trinajstić information content (AvgIpc) is 2.94. The number of anilines is 1. The first-order valence-electron chi connectivity index (χ1n) is 8.15. The molecular weight excluding hydrogens is 321 g/mol. The van der Waals surface area contributed by atoms with Gasteiger partial charge in [0, 0.05) is 12.2 Å². The molecule has 25 heavy (non-hydrogen) atoms. The molecule has 128 valence electrons. The van der Waals surface area contributed by atoms with Crippen molar-refractivity contribution in [3.8, 4) is 5.75 Å². The number of rotatable bonds is 6. The molecule has 0 fully saturated rings. The summed E-state index contributed by atoms with van der Waals surface area (Å²) in [6, 6.07) is 11.8. The fourth-order valence-corrected chi connectivity index (χ4v) is 2.66. The van der Waals surface area contributed by atoms with Crippen molar-refractivity contribution in [2.24, 2.45) is 0 Å². The molecule has 5 heteroatoms. The molecule has 0 bridgehead atoms. The maximum Gasteiger partial charge on any atom is 0.258 e. The van der Waals surface area contributed by atoms with E-state index >= 15 is 0 Å². The Kier molecular flexibility index (Phi) is 4.93. The van der Waals surface area contributed by atoms with E-state index in [1.807, 2.05) is 13.0 Å². The van der Waals surface area contributed by atoms with Crippen LogP contribution in [0.4, 0.5) is 10.1 Å². The molecule has 0 aromatic heterocycles. The molecule has 4 nitrogen and oxygen atoms in total. The average molecular weight is 339 g/mol. The van der Waals surface area contributed by atoms with Gasteiger partial charge in [-0.1, -0.05) is 31.5 Å². The fourth-order valence-electron chi connectivity index (χ4n) is 2.66. The Morgan fingerprint density at radius 1 is 0.960 bits per heavy atom. The molecular formula is C20H18FNO3. The van der Waals surface area contributed by atoms with Gasteiger partial charge in [-0.25, -0.2) is 9.29 Å². The van der Waals surface area contributed by atoms with Gasteiger partial charge in [0.2, 0.25) is 0 Å². The highest BCUT2D eigenvalue weighted by Crippen LogP contribution is 2.22. The third-order valence-electron chi connectivity index (χ3n) is 3.93. The van der Waals surface area contributed by atoms with Crippen molar-refractivity contribution in [2.45, 2.75) is 26.4 Å². The molecule has 3 rings (SSSR count). The van der Waals surface area contributed by atoms with Crippen molar-refractivity contribution >= 4 is 17.5 Å². The zero-order chi connectivity index (χ0) is 17.8. The molecule has 1 heterocycles. The van der Waals surface area contributed by atoms with Crippen LogP contribution in [0.25, 0.3) is 0 Å². The van der Waals surface area contributed by atoms with Crippen LogP contribution in [0.15, 0.2) is 54.6 Å². The number of hydrogen-bond donors (Lipinski definition) is 0. The second-order valence-corrected chi connectivity index (χ2v) is 5.82. The number of amides is 2. The van der Waals surface area contributed by atoms with E-state index in [4.69, 9.17) is 4.74 Å². The number of carbonyl (C=O) groups is 2. The van der Waals surface area contributed by atoms with Crippen molar-refractivity contribution in [2.75, 3.05) is 4.90 Å². The molecule has 0 spiro atoms. The van der Waals surface area contributed by atoms with Crippen LogP contribution in [0.2, 0.25) is 0 Å². The zero-order valence-electron chi connectivity index (χ0n) is 13.9. The summed E-state index contributed by atoms with van der Waals surface area (Å²) in [4.78, 5) is 24.4. The van der Waals surface area contributed by atoms with Gasteiger partial charge in [-0.3, -0.25) is 9.59 Å². The first-order chi connectivity index (χ1) is 12.1. The Morgan fingerprint density at radius 3 is 2.20 bits per heavy atom. The third-order valence-corrected chi connectivity index (χ3v) is 3.93. The smallest absolute Gasteiger partial charge is 0.258 e. The van der Waals surface area contributed by atoms with Crippen molar-refractivity contribution in [1.29, 1.82) is 0 Å². The van der Waals surface area contributed by atoms with Crippen molar-refractivity contribution in [1.82, 2.24) is 0 Å². The van der Waals surface area contributed by atoms with E-state index in [9.17, 15) is 14.0 Å². The number of nitrogens with zero attached hydrogens (tertiary/aromatic N) is 1. The Labute approximate surface area is 145 Å². The topological polar surface area (TPSA) is 46.6 Å². The predicted octanol–water partition coefficient (Wildman–Crippen LogP) is 3.79. The maximum atomic E-state index is 14.0. The Balaban J connectivity index is 1.64. The first-order valence-corrected chi connectivity index (χ1v) is 8.15. The fraction of sp³-hybridized carbons (Fsp3) is 0.200. The number of aryl methyl sites for hydroxylation is 1. The van der Waals surface area contributed by atoms with E-state index in [1.54, 1.807) is 30.3 Å². The van der Waals surface area contributed by atoms with Crippen LogP contribution < -0.4 is 9.64 Å². The first kappa shape index (κ1) is 16.9. The molecule has 2 aromatic rings. The summed E-state index contributed by atoms with van der Waals surface area (Å²) in [5.74, 6) is -0.883. The van der Waals surface area contributed by atoms with Gasteiger partial charge < -0.3 is 4.74 Å². The van der Waals surface area contributed by atoms with E-state index < -0.39 is 0 Å². The molecule has 0 N–H and O–H groups in total. The minimum Gasteiger partial charge on any atom is -0.486 e. The second kappa shape index (κ2) is 7.30. The summed E-state index contributed by atoms with van der Waals surface area (Å²) >= 11 is 0. The van der Waals surface area contributed by atoms with Crippen LogP contribution in [-0.2, 0) is 22.6 Å². The number of halogens is 1. The van der Waals surface area contributed by atoms with E-state index in [1.165, 1.54) is 18.2 Å². The number of benzene rings is 2. The molecule has 2 amide bonds. The molecule has 0 unspecified atom stereocenters. The van der Waals surface area contributed by atoms with Crippen LogP contribution in [0.5, 0.6) is 5.75 Å². The number of ether oxygens (including phenoxy) is 1. The number of carbonyl (C=O) groups excluding carboxylic acids is 2. The maximum absolute atomic E-state index is 14.0. The molecule has 0 saturated carbocycles. The summed E-state index contributed by atoms with van der Waals surface area (Å²) in [7, 11) is 0. The second-order valence-electron chi connectivity index (χ2n) is 5.82. The summed E-state index contributed by atoms with van der Waals surface area (Å²) in [5.41, 5.74) is 2.26. The molecule has 0 atom stereocenters. The molecule has 1 aliphatic heterocycles. The van der Waals surface area contributed by atoms with Gasteiger partial charge in [0.15, 0.2) is 11.6 Å². The van der Waals surface area contributed by atoms with Crippen LogP contribution in [0.1, 0.15) is 24.5 Å². The van der Waals surface area contributed by atoms with Gasteiger partial charge in [0.1, 0.15) is 6.61 Å². The van der Waals surface area contributed by atoms with Gasteiger partial charge in [0.05, 0.1) is 5.69 Å². The van der Waals surface area contributed by atoms with Crippen molar-refractivity contribution in [3.63, 3.8) is 0 Å². The van der Waals surface area contributed by atoms with Gasteiger partial charge >= 0.3 is 0 Å². The molecule has 1 aliphatic rings. The van der Waals surface area contributed by atoms with Gasteiger partial charge in [-0.05, 0) is 41.8 Å². The standard InChI is InChI=1S/C20H18FNO3/c1-2-3-14-6-9-18(17(21)12-14)25-13-15-4-7-16(8-5-15)22-19(23)10-11-20(22)24/h4-12H,2-3,13H2,1H3. The highest BCUT2D eigenvalue weighted by atomic mass is 19.1. The van der Waals surface area contributed by atoms with Crippen molar-refractivity contribution < 1.29 is 18.7 Å². The highest BCUT2D eigenvalue weighted by molar-refractivity contribution is 6.28. The Morgan fingerprint density at radius 2 is 1.60 bits per heavy atom. The number of imide groups is 1. The molecule has 0 aliphatic carbocycles. The lowest BCUT2D eigenvalue weighted by Crippen LogP contribution is -2.29. The van der Waals surface area contributed by atoms with Crippen molar-refractivity contribution in [3.05, 3.63) is 71.6 Å². The third kappa shape index (κ3) is 3.76. The Hall–Kier alpha value is -2.95. The SMILES string of the molecule is CCCc1ccc(OCc2ccc(N3C(=O)C=CC3=O)cc2)c(F)c1. The van der Waals surface area contributed by atoms with E-state index in [2.05, 4.69) is 0 Å². The van der Waals surface area contributed by atoms with Crippen LogP contribution >= 0.6 is 0 Å². The summed E-state index contributed by atoms with van der Waals surface area (Å²) in [5, 5.41) is 0. The van der Waals surface area contributed by atoms with Gasteiger partial charge in [-0.15, -0.1) is 0 Å². The monoisotopic (exact) mass is 339 g/mol. The lowest BCUT2D eigenvalue weighted by molar-refractivity contribution is -0.119. The minimum atomic E-state index is -0.373. The highest BCUT2D eigenvalue weighted by Gasteiger charge is 2.24.